The molecule has 0 amide bonds. The van der Waals surface area contributed by atoms with Gasteiger partial charge in [0.2, 0.25) is 0 Å². The van der Waals surface area contributed by atoms with Crippen LogP contribution in [0.1, 0.15) is 59.8 Å². The predicted molar refractivity (Wildman–Crippen MR) is 55.2 cm³/mol. The van der Waals surface area contributed by atoms with Crippen LogP contribution in [0, 0.1) is 17.3 Å². The monoisotopic (exact) mass is 168 g/mol. The summed E-state index contributed by atoms with van der Waals surface area (Å²) in [6, 6.07) is 0. The summed E-state index contributed by atoms with van der Waals surface area (Å²) in [5.74, 6) is 1.94. The Balaban J connectivity index is 2.44. The Labute approximate surface area is 77.7 Å². The van der Waals surface area contributed by atoms with E-state index in [0.29, 0.717) is 5.41 Å². The van der Waals surface area contributed by atoms with Crippen molar-refractivity contribution in [3.63, 3.8) is 0 Å². The Hall–Kier alpha value is 0. The summed E-state index contributed by atoms with van der Waals surface area (Å²) in [5.41, 5.74) is 0.605. The maximum absolute atomic E-state index is 2.47. The molecule has 1 atom stereocenters. The number of hydrogen-bond acceptors (Lipinski definition) is 0. The second-order valence-corrected chi connectivity index (χ2v) is 5.14. The van der Waals surface area contributed by atoms with E-state index >= 15 is 0 Å². The van der Waals surface area contributed by atoms with E-state index in [-0.39, 0.29) is 0 Å². The zero-order chi connectivity index (χ0) is 9.19. The normalized spacial score (nSPS) is 22.0. The second-order valence-electron chi connectivity index (χ2n) is 5.14. The number of rotatable bonds is 4. The summed E-state index contributed by atoms with van der Waals surface area (Å²) in [4.78, 5) is 0. The fraction of sp³-hybridized carbons (Fsp3) is 1.00. The van der Waals surface area contributed by atoms with Crippen molar-refractivity contribution in [2.24, 2.45) is 17.3 Å². The molecular formula is C12H24. The Morgan fingerprint density at radius 2 is 1.92 bits per heavy atom. The average molecular weight is 168 g/mol. The quantitative estimate of drug-likeness (QED) is 0.588. The molecule has 0 aromatic carbocycles. The zero-order valence-electron chi connectivity index (χ0n) is 9.19. The minimum atomic E-state index is 0.605. The summed E-state index contributed by atoms with van der Waals surface area (Å²) >= 11 is 0. The molecule has 0 aliphatic heterocycles. The summed E-state index contributed by atoms with van der Waals surface area (Å²) in [6.45, 7) is 9.67. The summed E-state index contributed by atoms with van der Waals surface area (Å²) in [5, 5.41) is 0. The van der Waals surface area contributed by atoms with Gasteiger partial charge in [0, 0.05) is 0 Å². The van der Waals surface area contributed by atoms with E-state index in [2.05, 4.69) is 27.7 Å². The molecule has 0 heteroatoms. The first kappa shape index (κ1) is 10.1. The maximum atomic E-state index is 2.47. The lowest BCUT2D eigenvalue weighted by Crippen LogP contribution is -2.35. The summed E-state index contributed by atoms with van der Waals surface area (Å²) < 4.78 is 0. The van der Waals surface area contributed by atoms with E-state index in [9.17, 15) is 0 Å². The lowest BCUT2D eigenvalue weighted by Gasteiger charge is -2.44. The van der Waals surface area contributed by atoms with Crippen molar-refractivity contribution >= 4 is 0 Å². The van der Waals surface area contributed by atoms with Crippen molar-refractivity contribution < 1.29 is 0 Å². The van der Waals surface area contributed by atoms with Gasteiger partial charge in [-0.1, -0.05) is 47.0 Å². The SMILES string of the molecule is CCCC(C)C(C)(C)C1CCC1. The molecule has 0 heterocycles. The first-order valence-electron chi connectivity index (χ1n) is 5.59. The van der Waals surface area contributed by atoms with Gasteiger partial charge in [-0.2, -0.15) is 0 Å². The van der Waals surface area contributed by atoms with E-state index in [0.717, 1.165) is 11.8 Å². The third kappa shape index (κ3) is 1.84. The molecule has 1 fully saturated rings. The van der Waals surface area contributed by atoms with Gasteiger partial charge in [0.25, 0.3) is 0 Å². The molecule has 0 aromatic rings. The Bertz CT molecular complexity index is 131. The van der Waals surface area contributed by atoms with Crippen molar-refractivity contribution in [3.05, 3.63) is 0 Å². The highest BCUT2D eigenvalue weighted by molar-refractivity contribution is 4.87. The largest absolute Gasteiger partial charge is 0.0654 e. The van der Waals surface area contributed by atoms with Gasteiger partial charge in [-0.15, -0.1) is 0 Å². The molecule has 72 valence electrons. The van der Waals surface area contributed by atoms with Crippen LogP contribution in [0.5, 0.6) is 0 Å². The molecule has 0 saturated heterocycles. The molecule has 1 rings (SSSR count). The van der Waals surface area contributed by atoms with Crippen molar-refractivity contribution in [1.29, 1.82) is 0 Å². The average Bonchev–Trinajstić information content (AvgIpc) is 1.82. The molecule has 0 N–H and O–H groups in total. The van der Waals surface area contributed by atoms with Gasteiger partial charge in [0.1, 0.15) is 0 Å². The highest BCUT2D eigenvalue weighted by Crippen LogP contribution is 2.47. The summed E-state index contributed by atoms with van der Waals surface area (Å²) in [6.07, 6.45) is 7.20. The third-order valence-corrected chi connectivity index (χ3v) is 4.15. The first-order chi connectivity index (χ1) is 5.59. The molecule has 12 heavy (non-hydrogen) atoms. The minimum Gasteiger partial charge on any atom is -0.0654 e. The van der Waals surface area contributed by atoms with Crippen LogP contribution < -0.4 is 0 Å². The Morgan fingerprint density at radius 1 is 1.33 bits per heavy atom. The lowest BCUT2D eigenvalue weighted by atomic mass is 9.61. The molecule has 1 aliphatic rings. The fourth-order valence-electron chi connectivity index (χ4n) is 2.36. The van der Waals surface area contributed by atoms with E-state index in [1.807, 2.05) is 0 Å². The van der Waals surface area contributed by atoms with E-state index in [1.165, 1.54) is 32.1 Å². The van der Waals surface area contributed by atoms with Gasteiger partial charge in [0.05, 0.1) is 0 Å². The van der Waals surface area contributed by atoms with Gasteiger partial charge >= 0.3 is 0 Å². The summed E-state index contributed by atoms with van der Waals surface area (Å²) in [7, 11) is 0. The van der Waals surface area contributed by atoms with Crippen LogP contribution in [0.25, 0.3) is 0 Å². The van der Waals surface area contributed by atoms with Crippen LogP contribution >= 0.6 is 0 Å². The van der Waals surface area contributed by atoms with Crippen LogP contribution in [-0.4, -0.2) is 0 Å². The zero-order valence-corrected chi connectivity index (χ0v) is 9.19. The molecule has 0 nitrogen and oxygen atoms in total. The van der Waals surface area contributed by atoms with E-state index in [4.69, 9.17) is 0 Å². The Kier molecular flexibility index (Phi) is 3.20. The van der Waals surface area contributed by atoms with Gasteiger partial charge in [-0.25, -0.2) is 0 Å². The molecule has 0 spiro atoms. The van der Waals surface area contributed by atoms with Crippen molar-refractivity contribution in [3.8, 4) is 0 Å². The van der Waals surface area contributed by atoms with E-state index in [1.54, 1.807) is 0 Å². The van der Waals surface area contributed by atoms with Crippen LogP contribution in [0.2, 0.25) is 0 Å². The van der Waals surface area contributed by atoms with Crippen LogP contribution in [0.3, 0.4) is 0 Å². The standard InChI is InChI=1S/C12H24/c1-5-7-10(2)12(3,4)11-8-6-9-11/h10-11H,5-9H2,1-4H3. The molecule has 1 saturated carbocycles. The number of hydrogen-bond donors (Lipinski definition) is 0. The predicted octanol–water partition coefficient (Wildman–Crippen LogP) is 4.25. The molecule has 1 unspecified atom stereocenters. The van der Waals surface area contributed by atoms with Gasteiger partial charge in [-0.05, 0) is 30.1 Å². The molecular weight excluding hydrogens is 144 g/mol. The highest BCUT2D eigenvalue weighted by atomic mass is 14.4. The second kappa shape index (κ2) is 3.81. The molecule has 1 aliphatic carbocycles. The van der Waals surface area contributed by atoms with Crippen molar-refractivity contribution in [2.45, 2.75) is 59.8 Å². The third-order valence-electron chi connectivity index (χ3n) is 4.15. The van der Waals surface area contributed by atoms with Gasteiger partial charge in [0.15, 0.2) is 0 Å². The minimum absolute atomic E-state index is 0.605. The van der Waals surface area contributed by atoms with E-state index < -0.39 is 0 Å². The van der Waals surface area contributed by atoms with Gasteiger partial charge < -0.3 is 0 Å². The Morgan fingerprint density at radius 3 is 2.25 bits per heavy atom. The van der Waals surface area contributed by atoms with Crippen molar-refractivity contribution in [1.82, 2.24) is 0 Å². The molecule has 0 radical (unpaired) electrons. The fourth-order valence-corrected chi connectivity index (χ4v) is 2.36. The van der Waals surface area contributed by atoms with Crippen LogP contribution in [0.15, 0.2) is 0 Å². The lowest BCUT2D eigenvalue weighted by molar-refractivity contribution is 0.0584. The van der Waals surface area contributed by atoms with Crippen LogP contribution in [0.4, 0.5) is 0 Å². The van der Waals surface area contributed by atoms with Crippen LogP contribution in [-0.2, 0) is 0 Å². The van der Waals surface area contributed by atoms with Gasteiger partial charge in [-0.3, -0.25) is 0 Å². The highest BCUT2D eigenvalue weighted by Gasteiger charge is 2.37. The topological polar surface area (TPSA) is 0 Å². The molecule has 0 bridgehead atoms. The maximum Gasteiger partial charge on any atom is -0.0300 e. The molecule has 0 aromatic heterocycles. The van der Waals surface area contributed by atoms with Crippen molar-refractivity contribution in [2.75, 3.05) is 0 Å². The first-order valence-corrected chi connectivity index (χ1v) is 5.59. The smallest absolute Gasteiger partial charge is 0.0300 e.